The Balaban J connectivity index is 1.69. The first-order valence-electron chi connectivity index (χ1n) is 7.15. The molecule has 1 aliphatic rings. The van der Waals surface area contributed by atoms with Crippen LogP contribution in [0.1, 0.15) is 24.5 Å². The summed E-state index contributed by atoms with van der Waals surface area (Å²) in [5.74, 6) is 0. The summed E-state index contributed by atoms with van der Waals surface area (Å²) < 4.78 is 0. The predicted octanol–water partition coefficient (Wildman–Crippen LogP) is 1.27. The summed E-state index contributed by atoms with van der Waals surface area (Å²) in [6.07, 6.45) is 1.03. The molecular formula is C14H26N4S. The summed E-state index contributed by atoms with van der Waals surface area (Å²) in [5, 5.41) is 10.3. The van der Waals surface area contributed by atoms with E-state index in [1.807, 2.05) is 0 Å². The lowest BCUT2D eigenvalue weighted by atomic mass is 10.0. The summed E-state index contributed by atoms with van der Waals surface area (Å²) in [4.78, 5) is 7.07. The minimum Gasteiger partial charge on any atom is -0.315 e. The van der Waals surface area contributed by atoms with Crippen molar-refractivity contribution in [3.05, 3.63) is 16.1 Å². The summed E-state index contributed by atoms with van der Waals surface area (Å²) in [6.45, 7) is 13.3. The van der Waals surface area contributed by atoms with Crippen LogP contribution in [0.5, 0.6) is 0 Å². The average molecular weight is 282 g/mol. The van der Waals surface area contributed by atoms with E-state index in [2.05, 4.69) is 46.7 Å². The maximum absolute atomic E-state index is 4.49. The van der Waals surface area contributed by atoms with Gasteiger partial charge in [-0.1, -0.05) is 0 Å². The maximum atomic E-state index is 4.49. The third kappa shape index (κ3) is 4.53. The van der Waals surface area contributed by atoms with Crippen LogP contribution < -0.4 is 10.6 Å². The van der Waals surface area contributed by atoms with Crippen LogP contribution in [-0.4, -0.2) is 54.7 Å². The van der Waals surface area contributed by atoms with Gasteiger partial charge in [-0.3, -0.25) is 4.90 Å². The molecule has 2 rings (SSSR count). The van der Waals surface area contributed by atoms with Gasteiger partial charge in [0.05, 0.1) is 10.7 Å². The van der Waals surface area contributed by atoms with Crippen molar-refractivity contribution in [1.29, 1.82) is 0 Å². The minimum atomic E-state index is 0.236. The molecule has 0 saturated carbocycles. The first-order valence-corrected chi connectivity index (χ1v) is 8.03. The fraction of sp³-hybridized carbons (Fsp3) is 0.786. The molecule has 1 aliphatic heterocycles. The third-order valence-electron chi connectivity index (χ3n) is 3.76. The molecule has 4 nitrogen and oxygen atoms in total. The zero-order valence-corrected chi connectivity index (χ0v) is 13.1. The second-order valence-corrected chi connectivity index (χ2v) is 6.90. The molecule has 108 valence electrons. The average Bonchev–Trinajstić information content (AvgIpc) is 2.82. The van der Waals surface area contributed by atoms with Gasteiger partial charge in [0.25, 0.3) is 0 Å². The summed E-state index contributed by atoms with van der Waals surface area (Å²) in [5.41, 5.74) is 1.45. The Labute approximate surface area is 120 Å². The highest BCUT2D eigenvalue weighted by Gasteiger charge is 2.27. The lowest BCUT2D eigenvalue weighted by Crippen LogP contribution is -2.57. The Morgan fingerprint density at radius 3 is 2.79 bits per heavy atom. The fourth-order valence-corrected chi connectivity index (χ4v) is 3.16. The molecule has 1 fully saturated rings. The molecule has 19 heavy (non-hydrogen) atoms. The van der Waals surface area contributed by atoms with Crippen LogP contribution in [0.15, 0.2) is 5.38 Å². The van der Waals surface area contributed by atoms with Crippen LogP contribution in [0.2, 0.25) is 0 Å². The Hall–Kier alpha value is -0.490. The zero-order valence-electron chi connectivity index (χ0n) is 12.3. The van der Waals surface area contributed by atoms with Crippen LogP contribution in [0, 0.1) is 6.92 Å². The Bertz CT molecular complexity index is 383. The molecule has 1 aromatic heterocycles. The van der Waals surface area contributed by atoms with Crippen molar-refractivity contribution in [3.63, 3.8) is 0 Å². The van der Waals surface area contributed by atoms with Gasteiger partial charge in [-0.25, -0.2) is 4.98 Å². The monoisotopic (exact) mass is 282 g/mol. The van der Waals surface area contributed by atoms with Crippen molar-refractivity contribution in [2.75, 3.05) is 39.3 Å². The molecular weight excluding hydrogens is 256 g/mol. The molecule has 2 N–H and O–H groups in total. The predicted molar refractivity (Wildman–Crippen MR) is 81.9 cm³/mol. The number of nitrogens with one attached hydrogen (secondary N) is 2. The Morgan fingerprint density at radius 1 is 1.42 bits per heavy atom. The normalized spacial score (nSPS) is 17.8. The Kier molecular flexibility index (Phi) is 5.33. The van der Waals surface area contributed by atoms with Gasteiger partial charge in [-0.2, -0.15) is 0 Å². The highest BCUT2D eigenvalue weighted by molar-refractivity contribution is 7.09. The van der Waals surface area contributed by atoms with E-state index in [1.54, 1.807) is 11.3 Å². The lowest BCUT2D eigenvalue weighted by Gasteiger charge is -2.41. The standard InChI is InChI=1S/C14H26N4S/c1-12-17-13(10-19-12)4-5-16-11-14(2,3)18-8-6-15-7-9-18/h10,15-16H,4-9,11H2,1-3H3. The molecule has 2 heterocycles. The number of hydrogen-bond donors (Lipinski definition) is 2. The Morgan fingerprint density at radius 2 is 2.16 bits per heavy atom. The van der Waals surface area contributed by atoms with Crippen LogP contribution in [-0.2, 0) is 6.42 Å². The van der Waals surface area contributed by atoms with Gasteiger partial charge in [-0.05, 0) is 20.8 Å². The topological polar surface area (TPSA) is 40.2 Å². The number of thiazole rings is 1. The van der Waals surface area contributed by atoms with E-state index in [9.17, 15) is 0 Å². The van der Waals surface area contributed by atoms with Crippen molar-refractivity contribution in [2.45, 2.75) is 32.7 Å². The van der Waals surface area contributed by atoms with E-state index in [1.165, 1.54) is 5.69 Å². The number of nitrogens with zero attached hydrogens (tertiary/aromatic N) is 2. The van der Waals surface area contributed by atoms with Gasteiger partial charge in [0, 0.05) is 56.6 Å². The van der Waals surface area contributed by atoms with E-state index in [4.69, 9.17) is 0 Å². The van der Waals surface area contributed by atoms with E-state index in [0.717, 1.165) is 50.7 Å². The largest absolute Gasteiger partial charge is 0.315 e. The third-order valence-corrected chi connectivity index (χ3v) is 4.58. The van der Waals surface area contributed by atoms with Gasteiger partial charge >= 0.3 is 0 Å². The lowest BCUT2D eigenvalue weighted by molar-refractivity contribution is 0.102. The van der Waals surface area contributed by atoms with Crippen LogP contribution in [0.3, 0.4) is 0 Å². The molecule has 0 amide bonds. The molecule has 0 radical (unpaired) electrons. The van der Waals surface area contributed by atoms with Gasteiger partial charge in [0.15, 0.2) is 0 Å². The van der Waals surface area contributed by atoms with Crippen molar-refractivity contribution in [2.24, 2.45) is 0 Å². The molecule has 0 unspecified atom stereocenters. The molecule has 1 aromatic rings. The minimum absolute atomic E-state index is 0.236. The van der Waals surface area contributed by atoms with Crippen molar-refractivity contribution < 1.29 is 0 Å². The van der Waals surface area contributed by atoms with Gasteiger partial charge < -0.3 is 10.6 Å². The summed E-state index contributed by atoms with van der Waals surface area (Å²) >= 11 is 1.74. The second-order valence-electron chi connectivity index (χ2n) is 5.83. The van der Waals surface area contributed by atoms with Gasteiger partial charge in [-0.15, -0.1) is 11.3 Å². The fourth-order valence-electron chi connectivity index (χ4n) is 2.52. The van der Waals surface area contributed by atoms with Crippen LogP contribution in [0.25, 0.3) is 0 Å². The number of aromatic nitrogens is 1. The van der Waals surface area contributed by atoms with Crippen molar-refractivity contribution in [1.82, 2.24) is 20.5 Å². The van der Waals surface area contributed by atoms with Crippen LogP contribution >= 0.6 is 11.3 Å². The maximum Gasteiger partial charge on any atom is 0.0897 e. The highest BCUT2D eigenvalue weighted by atomic mass is 32.1. The van der Waals surface area contributed by atoms with Crippen LogP contribution in [0.4, 0.5) is 0 Å². The van der Waals surface area contributed by atoms with E-state index < -0.39 is 0 Å². The molecule has 5 heteroatoms. The molecule has 0 aliphatic carbocycles. The summed E-state index contributed by atoms with van der Waals surface area (Å²) in [6, 6.07) is 0. The zero-order chi connectivity index (χ0) is 13.7. The van der Waals surface area contributed by atoms with Crippen molar-refractivity contribution >= 4 is 11.3 Å². The van der Waals surface area contributed by atoms with Gasteiger partial charge in [0.1, 0.15) is 0 Å². The molecule has 0 bridgehead atoms. The number of aryl methyl sites for hydroxylation is 1. The summed E-state index contributed by atoms with van der Waals surface area (Å²) in [7, 11) is 0. The first-order chi connectivity index (χ1) is 9.08. The molecule has 1 saturated heterocycles. The quantitative estimate of drug-likeness (QED) is 0.771. The van der Waals surface area contributed by atoms with E-state index >= 15 is 0 Å². The molecule has 0 spiro atoms. The van der Waals surface area contributed by atoms with E-state index in [0.29, 0.717) is 0 Å². The number of piperazine rings is 1. The smallest absolute Gasteiger partial charge is 0.0897 e. The molecule has 0 aromatic carbocycles. The first kappa shape index (κ1) is 14.9. The van der Waals surface area contributed by atoms with E-state index in [-0.39, 0.29) is 5.54 Å². The van der Waals surface area contributed by atoms with Gasteiger partial charge in [0.2, 0.25) is 0 Å². The highest BCUT2D eigenvalue weighted by Crippen LogP contribution is 2.14. The number of rotatable bonds is 6. The van der Waals surface area contributed by atoms with Crippen molar-refractivity contribution in [3.8, 4) is 0 Å². The SMILES string of the molecule is Cc1nc(CCNCC(C)(C)N2CCNCC2)cs1. The molecule has 0 atom stereocenters. The number of hydrogen-bond acceptors (Lipinski definition) is 5. The second kappa shape index (κ2) is 6.79.